The number of rotatable bonds is 7. The fourth-order valence-corrected chi connectivity index (χ4v) is 1.58. The molecule has 0 radical (unpaired) electrons. The molecule has 14 heavy (non-hydrogen) atoms. The Labute approximate surface area is 85.6 Å². The standard InChI is InChI=1S/C10H21NO3/c1-5-6-10(3,9(12)13)11-8(2)7-14-4/h8,11H,5-7H2,1-4H3,(H,12,13). The molecule has 0 aliphatic rings. The van der Waals surface area contributed by atoms with Crippen molar-refractivity contribution < 1.29 is 14.6 Å². The van der Waals surface area contributed by atoms with Gasteiger partial charge in [-0.3, -0.25) is 10.1 Å². The highest BCUT2D eigenvalue weighted by Gasteiger charge is 2.32. The van der Waals surface area contributed by atoms with E-state index in [0.717, 1.165) is 6.42 Å². The summed E-state index contributed by atoms with van der Waals surface area (Å²) in [4.78, 5) is 11.0. The molecule has 0 aliphatic heterocycles. The largest absolute Gasteiger partial charge is 0.480 e. The minimum Gasteiger partial charge on any atom is -0.480 e. The summed E-state index contributed by atoms with van der Waals surface area (Å²) in [6.07, 6.45) is 1.46. The second-order valence-electron chi connectivity index (χ2n) is 3.89. The molecule has 0 aromatic carbocycles. The average molecular weight is 203 g/mol. The monoisotopic (exact) mass is 203 g/mol. The Morgan fingerprint density at radius 1 is 1.64 bits per heavy atom. The third kappa shape index (κ3) is 4.07. The van der Waals surface area contributed by atoms with Crippen LogP contribution in [0.5, 0.6) is 0 Å². The number of nitrogens with one attached hydrogen (secondary N) is 1. The van der Waals surface area contributed by atoms with E-state index >= 15 is 0 Å². The maximum Gasteiger partial charge on any atom is 0.323 e. The molecule has 0 aromatic rings. The lowest BCUT2D eigenvalue weighted by Crippen LogP contribution is -2.54. The number of carboxylic acid groups (broad SMARTS) is 1. The van der Waals surface area contributed by atoms with Crippen LogP contribution in [-0.4, -0.2) is 36.4 Å². The topological polar surface area (TPSA) is 58.6 Å². The van der Waals surface area contributed by atoms with E-state index in [9.17, 15) is 4.79 Å². The van der Waals surface area contributed by atoms with E-state index in [-0.39, 0.29) is 6.04 Å². The van der Waals surface area contributed by atoms with Crippen LogP contribution in [0.25, 0.3) is 0 Å². The lowest BCUT2D eigenvalue weighted by Gasteiger charge is -2.29. The highest BCUT2D eigenvalue weighted by Crippen LogP contribution is 2.13. The summed E-state index contributed by atoms with van der Waals surface area (Å²) in [5, 5.41) is 12.1. The van der Waals surface area contributed by atoms with Crippen LogP contribution in [0.2, 0.25) is 0 Å². The third-order valence-electron chi connectivity index (χ3n) is 2.20. The minimum absolute atomic E-state index is 0.0487. The van der Waals surface area contributed by atoms with Crippen molar-refractivity contribution in [2.75, 3.05) is 13.7 Å². The van der Waals surface area contributed by atoms with Gasteiger partial charge in [0.1, 0.15) is 5.54 Å². The van der Waals surface area contributed by atoms with Gasteiger partial charge < -0.3 is 9.84 Å². The summed E-state index contributed by atoms with van der Waals surface area (Å²) in [5.74, 6) is -0.803. The van der Waals surface area contributed by atoms with Crippen molar-refractivity contribution in [3.8, 4) is 0 Å². The van der Waals surface area contributed by atoms with Gasteiger partial charge in [-0.05, 0) is 20.3 Å². The molecule has 2 unspecified atom stereocenters. The zero-order valence-corrected chi connectivity index (χ0v) is 9.46. The molecule has 0 bridgehead atoms. The summed E-state index contributed by atoms with van der Waals surface area (Å²) in [6, 6.07) is 0.0487. The van der Waals surface area contributed by atoms with Crippen molar-refractivity contribution in [3.63, 3.8) is 0 Å². The molecule has 0 saturated heterocycles. The van der Waals surface area contributed by atoms with Gasteiger partial charge in [0.2, 0.25) is 0 Å². The van der Waals surface area contributed by atoms with Crippen molar-refractivity contribution in [2.24, 2.45) is 0 Å². The molecule has 84 valence electrons. The molecule has 4 heteroatoms. The van der Waals surface area contributed by atoms with Crippen LogP contribution in [0, 0.1) is 0 Å². The molecule has 0 rings (SSSR count). The number of ether oxygens (including phenoxy) is 1. The van der Waals surface area contributed by atoms with Gasteiger partial charge in [0.05, 0.1) is 6.61 Å². The van der Waals surface area contributed by atoms with Crippen molar-refractivity contribution in [2.45, 2.75) is 45.2 Å². The lowest BCUT2D eigenvalue weighted by molar-refractivity contribution is -0.145. The normalized spacial score (nSPS) is 17.4. The van der Waals surface area contributed by atoms with Gasteiger partial charge in [-0.2, -0.15) is 0 Å². The molecule has 2 N–H and O–H groups in total. The highest BCUT2D eigenvalue weighted by atomic mass is 16.5. The van der Waals surface area contributed by atoms with Gasteiger partial charge in [0.25, 0.3) is 0 Å². The van der Waals surface area contributed by atoms with Crippen molar-refractivity contribution in [3.05, 3.63) is 0 Å². The van der Waals surface area contributed by atoms with Gasteiger partial charge in [0.15, 0.2) is 0 Å². The Morgan fingerprint density at radius 2 is 2.21 bits per heavy atom. The Morgan fingerprint density at radius 3 is 2.57 bits per heavy atom. The summed E-state index contributed by atoms with van der Waals surface area (Å²) in [5.41, 5.74) is -0.841. The van der Waals surface area contributed by atoms with E-state index in [2.05, 4.69) is 5.32 Å². The summed E-state index contributed by atoms with van der Waals surface area (Å²) in [7, 11) is 1.61. The van der Waals surface area contributed by atoms with E-state index in [4.69, 9.17) is 9.84 Å². The SMILES string of the molecule is CCCC(C)(NC(C)COC)C(=O)O. The van der Waals surface area contributed by atoms with E-state index in [1.165, 1.54) is 0 Å². The van der Waals surface area contributed by atoms with Gasteiger partial charge >= 0.3 is 5.97 Å². The molecule has 0 spiro atoms. The smallest absolute Gasteiger partial charge is 0.323 e. The fourth-order valence-electron chi connectivity index (χ4n) is 1.58. The molecular weight excluding hydrogens is 182 g/mol. The van der Waals surface area contributed by atoms with E-state index in [1.54, 1.807) is 14.0 Å². The first kappa shape index (κ1) is 13.4. The van der Waals surface area contributed by atoms with Crippen LogP contribution < -0.4 is 5.32 Å². The van der Waals surface area contributed by atoms with Gasteiger partial charge in [-0.25, -0.2) is 0 Å². The molecular formula is C10H21NO3. The Bertz CT molecular complexity index is 184. The number of hydrogen-bond donors (Lipinski definition) is 2. The van der Waals surface area contributed by atoms with E-state index in [0.29, 0.717) is 13.0 Å². The first-order chi connectivity index (χ1) is 6.46. The van der Waals surface area contributed by atoms with Crippen LogP contribution >= 0.6 is 0 Å². The molecule has 0 amide bonds. The predicted octanol–water partition coefficient (Wildman–Crippen LogP) is 1.25. The number of aliphatic carboxylic acids is 1. The van der Waals surface area contributed by atoms with Crippen LogP contribution in [0.3, 0.4) is 0 Å². The van der Waals surface area contributed by atoms with Crippen LogP contribution in [0.4, 0.5) is 0 Å². The average Bonchev–Trinajstić information content (AvgIpc) is 2.04. The number of carbonyl (C=O) groups is 1. The number of methoxy groups -OCH3 is 1. The van der Waals surface area contributed by atoms with Crippen LogP contribution in [0.1, 0.15) is 33.6 Å². The first-order valence-electron chi connectivity index (χ1n) is 4.96. The minimum atomic E-state index is -0.841. The van der Waals surface area contributed by atoms with Gasteiger partial charge in [-0.15, -0.1) is 0 Å². The summed E-state index contributed by atoms with van der Waals surface area (Å²) < 4.78 is 4.95. The molecule has 4 nitrogen and oxygen atoms in total. The Hall–Kier alpha value is -0.610. The maximum atomic E-state index is 11.0. The van der Waals surface area contributed by atoms with Gasteiger partial charge in [-0.1, -0.05) is 13.3 Å². The lowest BCUT2D eigenvalue weighted by atomic mass is 9.95. The molecule has 0 fully saturated rings. The van der Waals surface area contributed by atoms with Crippen molar-refractivity contribution >= 4 is 5.97 Å². The Balaban J connectivity index is 4.28. The summed E-state index contributed by atoms with van der Waals surface area (Å²) in [6.45, 7) is 6.13. The highest BCUT2D eigenvalue weighted by molar-refractivity contribution is 5.78. The van der Waals surface area contributed by atoms with E-state index < -0.39 is 11.5 Å². The van der Waals surface area contributed by atoms with Crippen LogP contribution in [-0.2, 0) is 9.53 Å². The number of hydrogen-bond acceptors (Lipinski definition) is 3. The van der Waals surface area contributed by atoms with Crippen molar-refractivity contribution in [1.29, 1.82) is 0 Å². The van der Waals surface area contributed by atoms with E-state index in [1.807, 2.05) is 13.8 Å². The molecule has 0 heterocycles. The Kier molecular flexibility index (Phi) is 5.72. The first-order valence-corrected chi connectivity index (χ1v) is 4.96. The van der Waals surface area contributed by atoms with Gasteiger partial charge in [0, 0.05) is 13.2 Å². The number of carboxylic acids is 1. The quantitative estimate of drug-likeness (QED) is 0.654. The summed E-state index contributed by atoms with van der Waals surface area (Å²) >= 11 is 0. The predicted molar refractivity (Wildman–Crippen MR) is 55.4 cm³/mol. The molecule has 0 saturated carbocycles. The third-order valence-corrected chi connectivity index (χ3v) is 2.20. The maximum absolute atomic E-state index is 11.0. The van der Waals surface area contributed by atoms with Crippen molar-refractivity contribution in [1.82, 2.24) is 5.32 Å². The zero-order valence-electron chi connectivity index (χ0n) is 9.46. The zero-order chi connectivity index (χ0) is 11.2. The van der Waals surface area contributed by atoms with Crippen LogP contribution in [0.15, 0.2) is 0 Å². The second-order valence-corrected chi connectivity index (χ2v) is 3.89. The molecule has 2 atom stereocenters. The molecule has 0 aliphatic carbocycles. The fraction of sp³-hybridized carbons (Fsp3) is 0.900. The second kappa shape index (κ2) is 5.98. The molecule has 0 aromatic heterocycles.